The standard InChI is InChI=1S/C6H10O2.C5H13NO2P/c1-4-8-6(7)5(2)3;1-6(2,3)4-5-8-9-7/h2,4H2,1,3H3;4-5H2,1-3H3/q;+1. The van der Waals surface area contributed by atoms with Crippen molar-refractivity contribution in [2.45, 2.75) is 13.8 Å². The zero-order chi connectivity index (χ0) is 13.9. The van der Waals surface area contributed by atoms with E-state index in [4.69, 9.17) is 0 Å². The molecule has 0 bridgehead atoms. The Hall–Kier alpha value is -0.770. The molecule has 0 amide bonds. The van der Waals surface area contributed by atoms with Crippen LogP contribution in [0.2, 0.25) is 0 Å². The second kappa shape index (κ2) is 10.4. The Kier molecular flexibility index (Phi) is 11.4. The lowest BCUT2D eigenvalue weighted by Crippen LogP contribution is -2.37. The molecule has 0 aromatic carbocycles. The molecule has 0 aromatic rings. The molecule has 0 saturated heterocycles. The fourth-order valence-electron chi connectivity index (χ4n) is 0.606. The summed E-state index contributed by atoms with van der Waals surface area (Å²) >= 11 is 0. The van der Waals surface area contributed by atoms with E-state index < -0.39 is 0 Å². The number of ether oxygens (including phenoxy) is 1. The minimum atomic E-state index is -0.312. The summed E-state index contributed by atoms with van der Waals surface area (Å²) in [6, 6.07) is 0. The van der Waals surface area contributed by atoms with Gasteiger partial charge < -0.3 is 9.22 Å². The normalized spacial score (nSPS) is 10.4. The average Bonchev–Trinajstić information content (AvgIpc) is 2.17. The smallest absolute Gasteiger partial charge is 0.333 e. The van der Waals surface area contributed by atoms with E-state index in [1.165, 1.54) is 0 Å². The zero-order valence-corrected chi connectivity index (χ0v) is 12.3. The molecule has 17 heavy (non-hydrogen) atoms. The van der Waals surface area contributed by atoms with Gasteiger partial charge in [0.05, 0.1) is 27.7 Å². The van der Waals surface area contributed by atoms with Gasteiger partial charge in [0, 0.05) is 5.57 Å². The van der Waals surface area contributed by atoms with Crippen LogP contribution in [0.5, 0.6) is 0 Å². The number of esters is 1. The van der Waals surface area contributed by atoms with Crippen LogP contribution in [0.3, 0.4) is 0 Å². The summed E-state index contributed by atoms with van der Waals surface area (Å²) < 4.78 is 19.8. The minimum absolute atomic E-state index is 0.217. The van der Waals surface area contributed by atoms with Crippen LogP contribution in [0.1, 0.15) is 13.8 Å². The molecule has 0 N–H and O–H groups in total. The van der Waals surface area contributed by atoms with E-state index in [1.807, 2.05) is 0 Å². The largest absolute Gasteiger partial charge is 0.463 e. The Labute approximate surface area is 105 Å². The Morgan fingerprint density at radius 1 is 1.35 bits per heavy atom. The van der Waals surface area contributed by atoms with Gasteiger partial charge in [0.2, 0.25) is 0 Å². The maximum absolute atomic E-state index is 10.4. The van der Waals surface area contributed by atoms with Crippen LogP contribution in [0.15, 0.2) is 12.2 Å². The highest BCUT2D eigenvalue weighted by Crippen LogP contribution is 1.96. The number of hydrogen-bond acceptors (Lipinski definition) is 4. The molecule has 0 aromatic heterocycles. The Balaban J connectivity index is 0. The van der Waals surface area contributed by atoms with Crippen molar-refractivity contribution in [3.63, 3.8) is 0 Å². The Morgan fingerprint density at radius 3 is 2.12 bits per heavy atom. The van der Waals surface area contributed by atoms with E-state index >= 15 is 0 Å². The van der Waals surface area contributed by atoms with Crippen molar-refractivity contribution in [3.05, 3.63) is 12.2 Å². The van der Waals surface area contributed by atoms with Crippen molar-refractivity contribution >= 4 is 14.7 Å². The maximum atomic E-state index is 10.4. The Morgan fingerprint density at radius 2 is 1.88 bits per heavy atom. The Bertz CT molecular complexity index is 248. The molecule has 0 unspecified atom stereocenters. The second-order valence-corrected chi connectivity index (χ2v) is 4.83. The first kappa shape index (κ1) is 18.6. The van der Waals surface area contributed by atoms with E-state index in [0.29, 0.717) is 18.8 Å². The van der Waals surface area contributed by atoms with Crippen LogP contribution in [0, 0.1) is 0 Å². The van der Waals surface area contributed by atoms with E-state index in [-0.39, 0.29) is 14.7 Å². The topological polar surface area (TPSA) is 52.6 Å². The fourth-order valence-corrected chi connectivity index (χ4v) is 0.762. The van der Waals surface area contributed by atoms with Crippen LogP contribution in [-0.4, -0.2) is 51.4 Å². The predicted molar refractivity (Wildman–Crippen MR) is 67.9 cm³/mol. The molecule has 0 radical (unpaired) electrons. The highest BCUT2D eigenvalue weighted by atomic mass is 31.1. The quantitative estimate of drug-likeness (QED) is 0.242. The van der Waals surface area contributed by atoms with Crippen LogP contribution in [-0.2, 0) is 18.6 Å². The molecule has 0 aliphatic heterocycles. The lowest BCUT2D eigenvalue weighted by molar-refractivity contribution is -0.870. The summed E-state index contributed by atoms with van der Waals surface area (Å²) in [4.78, 5) is 10.4. The summed E-state index contributed by atoms with van der Waals surface area (Å²) in [7, 11) is 5.96. The number of quaternary nitrogens is 1. The van der Waals surface area contributed by atoms with Gasteiger partial charge in [-0.25, -0.2) is 9.36 Å². The molecular weight excluding hydrogens is 241 g/mol. The molecular formula is C11H23NO4P+. The molecule has 0 aliphatic carbocycles. The SMILES string of the molecule is C=C(C)C(=O)OCC.C[N+](C)(C)CCOP=O. The van der Waals surface area contributed by atoms with Gasteiger partial charge >= 0.3 is 14.7 Å². The number of nitrogens with zero attached hydrogens (tertiary/aromatic N) is 1. The molecule has 0 fully saturated rings. The summed E-state index contributed by atoms with van der Waals surface area (Å²) in [5, 5.41) is 0. The highest BCUT2D eigenvalue weighted by molar-refractivity contribution is 7.17. The number of likely N-dealkylation sites (N-methyl/N-ethyl adjacent to an activating group) is 1. The molecule has 0 heterocycles. The maximum Gasteiger partial charge on any atom is 0.333 e. The van der Waals surface area contributed by atoms with Crippen LogP contribution < -0.4 is 0 Å². The van der Waals surface area contributed by atoms with Crippen LogP contribution in [0.4, 0.5) is 0 Å². The molecule has 0 rings (SSSR count). The van der Waals surface area contributed by atoms with Crippen molar-refractivity contribution < 1.29 is 23.1 Å². The summed E-state index contributed by atoms with van der Waals surface area (Å²) in [6.45, 7) is 8.64. The van der Waals surface area contributed by atoms with E-state index in [2.05, 4.69) is 37.0 Å². The van der Waals surface area contributed by atoms with Gasteiger partial charge in [0.1, 0.15) is 13.2 Å². The summed E-state index contributed by atoms with van der Waals surface area (Å²) in [5.41, 5.74) is 0.451. The van der Waals surface area contributed by atoms with Crippen molar-refractivity contribution in [2.24, 2.45) is 0 Å². The van der Waals surface area contributed by atoms with Crippen molar-refractivity contribution in [1.29, 1.82) is 0 Å². The van der Waals surface area contributed by atoms with Crippen LogP contribution in [0.25, 0.3) is 0 Å². The third-order valence-electron chi connectivity index (χ3n) is 1.53. The monoisotopic (exact) mass is 264 g/mol. The van der Waals surface area contributed by atoms with Crippen LogP contribution >= 0.6 is 8.69 Å². The van der Waals surface area contributed by atoms with Gasteiger partial charge in [-0.3, -0.25) is 4.52 Å². The minimum Gasteiger partial charge on any atom is -0.463 e. The fraction of sp³-hybridized carbons (Fsp3) is 0.727. The average molecular weight is 264 g/mol. The van der Waals surface area contributed by atoms with E-state index in [1.54, 1.807) is 13.8 Å². The molecule has 0 aliphatic rings. The number of hydrogen-bond donors (Lipinski definition) is 0. The molecule has 5 nitrogen and oxygen atoms in total. The molecule has 100 valence electrons. The lowest BCUT2D eigenvalue weighted by Gasteiger charge is -2.22. The highest BCUT2D eigenvalue weighted by Gasteiger charge is 2.04. The number of carbonyl (C=O) groups is 1. The molecule has 0 spiro atoms. The molecule has 0 atom stereocenters. The van der Waals surface area contributed by atoms with Gasteiger partial charge in [-0.2, -0.15) is 0 Å². The van der Waals surface area contributed by atoms with Crippen molar-refractivity contribution in [1.82, 2.24) is 0 Å². The summed E-state index contributed by atoms with van der Waals surface area (Å²) in [6.07, 6.45) is 0. The first-order valence-electron chi connectivity index (χ1n) is 5.32. The first-order valence-corrected chi connectivity index (χ1v) is 6.05. The van der Waals surface area contributed by atoms with Crippen molar-refractivity contribution in [3.8, 4) is 0 Å². The molecule has 0 saturated carbocycles. The number of carbonyl (C=O) groups excluding carboxylic acids is 1. The third-order valence-corrected chi connectivity index (χ3v) is 1.82. The number of rotatable bonds is 6. The van der Waals surface area contributed by atoms with Gasteiger partial charge in [-0.15, -0.1) is 0 Å². The third kappa shape index (κ3) is 17.8. The van der Waals surface area contributed by atoms with E-state index in [0.717, 1.165) is 11.0 Å². The predicted octanol–water partition coefficient (Wildman–Crippen LogP) is 2.04. The first-order chi connectivity index (χ1) is 7.74. The lowest BCUT2D eigenvalue weighted by atomic mass is 10.4. The van der Waals surface area contributed by atoms with Gasteiger partial charge in [-0.1, -0.05) is 6.58 Å². The second-order valence-electron chi connectivity index (χ2n) is 4.42. The van der Waals surface area contributed by atoms with Gasteiger partial charge in [0.15, 0.2) is 0 Å². The van der Waals surface area contributed by atoms with Crippen molar-refractivity contribution in [2.75, 3.05) is 40.9 Å². The van der Waals surface area contributed by atoms with E-state index in [9.17, 15) is 9.36 Å². The zero-order valence-electron chi connectivity index (χ0n) is 11.4. The summed E-state index contributed by atoms with van der Waals surface area (Å²) in [5.74, 6) is -0.312. The molecule has 6 heteroatoms. The van der Waals surface area contributed by atoms with Gasteiger partial charge in [0.25, 0.3) is 0 Å². The van der Waals surface area contributed by atoms with Gasteiger partial charge in [-0.05, 0) is 13.8 Å².